The Hall–Kier alpha value is -0.960. The van der Waals surface area contributed by atoms with Gasteiger partial charge in [-0.05, 0) is 36.4 Å². The monoisotopic (exact) mass is 250 g/mol. The normalized spacial score (nSPS) is 29.9. The van der Waals surface area contributed by atoms with Crippen LogP contribution in [0.4, 0.5) is 4.39 Å². The molecule has 0 saturated heterocycles. The van der Waals surface area contributed by atoms with E-state index in [2.05, 4.69) is 38.0 Å². The van der Waals surface area contributed by atoms with Gasteiger partial charge in [-0.15, -0.1) is 0 Å². The first kappa shape index (κ1) is 13.5. The van der Waals surface area contributed by atoms with Crippen LogP contribution in [0, 0.1) is 17.2 Å². The second kappa shape index (κ2) is 4.96. The second-order valence-corrected chi connectivity index (χ2v) is 5.99. The minimum Gasteiger partial charge on any atom is -0.313 e. The molecule has 0 spiro atoms. The molecule has 100 valence electrons. The molecule has 3 unspecified atom stereocenters. The highest BCUT2D eigenvalue weighted by Gasteiger charge is 2.54. The summed E-state index contributed by atoms with van der Waals surface area (Å²) < 4.78 is 12.9. The third kappa shape index (κ3) is 2.16. The predicted octanol–water partition coefficient (Wildman–Crippen LogP) is 3.35. The Morgan fingerprint density at radius 1 is 1.39 bits per heavy atom. The topological polar surface area (TPSA) is 24.9 Å². The van der Waals surface area contributed by atoms with Gasteiger partial charge in [0.15, 0.2) is 0 Å². The molecule has 2 rings (SSSR count). The summed E-state index contributed by atoms with van der Waals surface area (Å²) in [5.41, 5.74) is 1.20. The zero-order chi connectivity index (χ0) is 13.3. The van der Waals surface area contributed by atoms with Crippen LogP contribution >= 0.6 is 0 Å². The molecule has 0 radical (unpaired) electrons. The van der Waals surface area contributed by atoms with Gasteiger partial charge >= 0.3 is 0 Å². The van der Waals surface area contributed by atoms with Gasteiger partial charge in [0, 0.05) is 17.7 Å². The summed E-state index contributed by atoms with van der Waals surface area (Å²) in [5.74, 6) is 0.696. The van der Waals surface area contributed by atoms with Gasteiger partial charge in [-0.3, -0.25) is 4.98 Å². The van der Waals surface area contributed by atoms with E-state index in [1.54, 1.807) is 0 Å². The van der Waals surface area contributed by atoms with Crippen LogP contribution in [0.3, 0.4) is 0 Å². The van der Waals surface area contributed by atoms with E-state index in [1.165, 1.54) is 12.3 Å². The molecular formula is C15H23FN2. The second-order valence-electron chi connectivity index (χ2n) is 5.99. The van der Waals surface area contributed by atoms with Gasteiger partial charge < -0.3 is 5.32 Å². The Labute approximate surface area is 109 Å². The summed E-state index contributed by atoms with van der Waals surface area (Å²) in [7, 11) is 0. The number of hydrogen-bond acceptors (Lipinski definition) is 2. The third-order valence-electron chi connectivity index (χ3n) is 4.34. The largest absolute Gasteiger partial charge is 0.313 e. The Morgan fingerprint density at radius 3 is 2.61 bits per heavy atom. The van der Waals surface area contributed by atoms with Crippen LogP contribution in [0.1, 0.15) is 45.7 Å². The van der Waals surface area contributed by atoms with Crippen molar-refractivity contribution in [3.63, 3.8) is 0 Å². The van der Waals surface area contributed by atoms with E-state index in [-0.39, 0.29) is 11.2 Å². The van der Waals surface area contributed by atoms with Gasteiger partial charge in [0.25, 0.3) is 0 Å². The Morgan fingerprint density at radius 2 is 2.11 bits per heavy atom. The molecule has 3 heteroatoms. The molecule has 1 fully saturated rings. The number of hydrogen-bond donors (Lipinski definition) is 1. The highest BCUT2D eigenvalue weighted by atomic mass is 19.1. The predicted molar refractivity (Wildman–Crippen MR) is 72.0 cm³/mol. The molecule has 1 aliphatic carbocycles. The minimum atomic E-state index is -0.260. The van der Waals surface area contributed by atoms with Crippen LogP contribution in [0.25, 0.3) is 0 Å². The van der Waals surface area contributed by atoms with Crippen molar-refractivity contribution in [3.8, 4) is 0 Å². The number of nitrogens with zero attached hydrogens (tertiary/aromatic N) is 1. The first-order chi connectivity index (χ1) is 8.48. The molecule has 0 aliphatic heterocycles. The summed E-state index contributed by atoms with van der Waals surface area (Å²) in [6, 6.07) is 3.86. The Balaban J connectivity index is 2.14. The first-order valence-corrected chi connectivity index (χ1v) is 6.83. The van der Waals surface area contributed by atoms with Gasteiger partial charge in [-0.2, -0.15) is 0 Å². The standard InChI is InChI=1S/C15H23FN2/c1-5-8-17-14-10(2)13(15(14,3)4)12-7-6-11(16)9-18-12/h6-7,9-10,13-14,17H,5,8H2,1-4H3. The van der Waals surface area contributed by atoms with Gasteiger partial charge in [-0.1, -0.05) is 27.7 Å². The number of rotatable bonds is 4. The van der Waals surface area contributed by atoms with Crippen molar-refractivity contribution in [3.05, 3.63) is 29.8 Å². The number of pyridine rings is 1. The van der Waals surface area contributed by atoms with Crippen molar-refractivity contribution in [2.45, 2.75) is 46.1 Å². The molecule has 1 N–H and O–H groups in total. The Bertz CT molecular complexity index is 399. The summed E-state index contributed by atoms with van der Waals surface area (Å²) in [5, 5.41) is 3.62. The van der Waals surface area contributed by atoms with E-state index in [0.29, 0.717) is 17.9 Å². The molecule has 1 aromatic heterocycles. The maximum atomic E-state index is 12.9. The number of aromatic nitrogens is 1. The van der Waals surface area contributed by atoms with E-state index < -0.39 is 0 Å². The zero-order valence-electron chi connectivity index (χ0n) is 11.7. The SMILES string of the molecule is CCCNC1C(C)C(c2ccc(F)cn2)C1(C)C. The lowest BCUT2D eigenvalue weighted by molar-refractivity contribution is -0.00176. The van der Waals surface area contributed by atoms with Crippen LogP contribution in [-0.2, 0) is 0 Å². The lowest BCUT2D eigenvalue weighted by atomic mass is 9.51. The smallest absolute Gasteiger partial charge is 0.141 e. The average Bonchev–Trinajstić information content (AvgIpc) is 2.32. The van der Waals surface area contributed by atoms with Crippen LogP contribution in [0.2, 0.25) is 0 Å². The molecule has 18 heavy (non-hydrogen) atoms. The van der Waals surface area contributed by atoms with Crippen LogP contribution in [0.15, 0.2) is 18.3 Å². The lowest BCUT2D eigenvalue weighted by Crippen LogP contribution is -2.61. The highest BCUT2D eigenvalue weighted by Crippen LogP contribution is 2.55. The Kier molecular flexibility index (Phi) is 3.71. The fourth-order valence-corrected chi connectivity index (χ4v) is 3.59. The van der Waals surface area contributed by atoms with Crippen molar-refractivity contribution in [2.24, 2.45) is 11.3 Å². The summed E-state index contributed by atoms with van der Waals surface area (Å²) in [6.07, 6.45) is 2.48. The summed E-state index contributed by atoms with van der Waals surface area (Å²) in [4.78, 5) is 4.26. The maximum Gasteiger partial charge on any atom is 0.141 e. The van der Waals surface area contributed by atoms with E-state index in [0.717, 1.165) is 18.7 Å². The van der Waals surface area contributed by atoms with Crippen molar-refractivity contribution >= 4 is 0 Å². The van der Waals surface area contributed by atoms with Crippen LogP contribution in [0.5, 0.6) is 0 Å². The first-order valence-electron chi connectivity index (χ1n) is 6.83. The average molecular weight is 250 g/mol. The van der Waals surface area contributed by atoms with Crippen molar-refractivity contribution in [2.75, 3.05) is 6.54 Å². The van der Waals surface area contributed by atoms with Crippen molar-refractivity contribution in [1.82, 2.24) is 10.3 Å². The highest BCUT2D eigenvalue weighted by molar-refractivity contribution is 5.23. The van der Waals surface area contributed by atoms with Gasteiger partial charge in [0.1, 0.15) is 5.82 Å². The van der Waals surface area contributed by atoms with Gasteiger partial charge in [0.05, 0.1) is 6.20 Å². The number of nitrogens with one attached hydrogen (secondary N) is 1. The van der Waals surface area contributed by atoms with E-state index in [1.807, 2.05) is 6.07 Å². The number of halogens is 1. The van der Waals surface area contributed by atoms with E-state index >= 15 is 0 Å². The zero-order valence-corrected chi connectivity index (χ0v) is 11.7. The minimum absolute atomic E-state index is 0.180. The molecule has 1 heterocycles. The molecule has 1 saturated carbocycles. The van der Waals surface area contributed by atoms with E-state index in [9.17, 15) is 4.39 Å². The fourth-order valence-electron chi connectivity index (χ4n) is 3.59. The van der Waals surface area contributed by atoms with Crippen LogP contribution in [-0.4, -0.2) is 17.6 Å². The third-order valence-corrected chi connectivity index (χ3v) is 4.34. The quantitative estimate of drug-likeness (QED) is 0.886. The molecule has 3 atom stereocenters. The molecule has 2 nitrogen and oxygen atoms in total. The van der Waals surface area contributed by atoms with Gasteiger partial charge in [-0.25, -0.2) is 4.39 Å². The summed E-state index contributed by atoms with van der Waals surface area (Å²) >= 11 is 0. The summed E-state index contributed by atoms with van der Waals surface area (Å²) in [6.45, 7) is 10.0. The molecule has 1 aliphatic rings. The lowest BCUT2D eigenvalue weighted by Gasteiger charge is -2.57. The van der Waals surface area contributed by atoms with E-state index in [4.69, 9.17) is 0 Å². The molecule has 0 amide bonds. The van der Waals surface area contributed by atoms with Crippen molar-refractivity contribution < 1.29 is 4.39 Å². The molecule has 0 aromatic carbocycles. The maximum absolute atomic E-state index is 12.9. The molecule has 0 bridgehead atoms. The van der Waals surface area contributed by atoms with Gasteiger partial charge in [0.2, 0.25) is 0 Å². The molecule has 1 aromatic rings. The van der Waals surface area contributed by atoms with Crippen molar-refractivity contribution in [1.29, 1.82) is 0 Å². The fraction of sp³-hybridized carbons (Fsp3) is 0.667. The molecular weight excluding hydrogens is 227 g/mol. The van der Waals surface area contributed by atoms with Crippen LogP contribution < -0.4 is 5.32 Å².